The van der Waals surface area contributed by atoms with Crippen molar-refractivity contribution in [1.82, 2.24) is 0 Å². The van der Waals surface area contributed by atoms with Crippen LogP contribution in [0.15, 0.2) is 22.7 Å². The third-order valence-electron chi connectivity index (χ3n) is 2.15. The normalized spacial score (nSPS) is 27.2. The third-order valence-corrected chi connectivity index (χ3v) is 2.83. The summed E-state index contributed by atoms with van der Waals surface area (Å²) >= 11 is 9.30. The van der Waals surface area contributed by atoms with E-state index in [1.165, 1.54) is 5.56 Å². The fourth-order valence-electron chi connectivity index (χ4n) is 1.39. The monoisotopic (exact) mass is 245 g/mol. The van der Waals surface area contributed by atoms with Crippen LogP contribution in [0.2, 0.25) is 5.02 Å². The van der Waals surface area contributed by atoms with Crippen LogP contribution in [0, 0.1) is 0 Å². The van der Waals surface area contributed by atoms with Crippen LogP contribution in [0.5, 0.6) is 0 Å². The van der Waals surface area contributed by atoms with Gasteiger partial charge in [-0.3, -0.25) is 0 Å². The highest BCUT2D eigenvalue weighted by molar-refractivity contribution is 9.10. The third kappa shape index (κ3) is 1.65. The van der Waals surface area contributed by atoms with Crippen LogP contribution < -0.4 is 5.73 Å². The molecule has 2 atom stereocenters. The van der Waals surface area contributed by atoms with E-state index >= 15 is 0 Å². The lowest BCUT2D eigenvalue weighted by Gasteiger charge is -2.00. The molecular formula is C9H9BrClN. The molecule has 0 unspecified atom stereocenters. The molecular weight excluding hydrogens is 237 g/mol. The highest BCUT2D eigenvalue weighted by atomic mass is 79.9. The Morgan fingerprint density at radius 2 is 2.08 bits per heavy atom. The Labute approximate surface area is 85.0 Å². The maximum atomic E-state index is 5.90. The van der Waals surface area contributed by atoms with Crippen molar-refractivity contribution in [2.24, 2.45) is 5.73 Å². The van der Waals surface area contributed by atoms with E-state index < -0.39 is 0 Å². The molecule has 1 fully saturated rings. The largest absolute Gasteiger partial charge is 0.327 e. The smallest absolute Gasteiger partial charge is 0.0420 e. The van der Waals surface area contributed by atoms with Crippen LogP contribution in [0.3, 0.4) is 0 Å². The molecule has 1 aromatic rings. The quantitative estimate of drug-likeness (QED) is 0.810. The van der Waals surface area contributed by atoms with Crippen molar-refractivity contribution in [2.45, 2.75) is 18.4 Å². The summed E-state index contributed by atoms with van der Waals surface area (Å²) < 4.78 is 1.03. The molecule has 0 aromatic heterocycles. The van der Waals surface area contributed by atoms with Gasteiger partial charge < -0.3 is 5.73 Å². The van der Waals surface area contributed by atoms with Gasteiger partial charge in [-0.1, -0.05) is 27.5 Å². The minimum Gasteiger partial charge on any atom is -0.327 e. The first-order valence-corrected chi connectivity index (χ1v) is 5.05. The number of rotatable bonds is 1. The molecule has 3 heteroatoms. The molecule has 2 N–H and O–H groups in total. The molecule has 0 bridgehead atoms. The second kappa shape index (κ2) is 3.02. The van der Waals surface area contributed by atoms with Gasteiger partial charge in [0.15, 0.2) is 0 Å². The molecule has 0 spiro atoms. The summed E-state index contributed by atoms with van der Waals surface area (Å²) in [4.78, 5) is 0. The molecule has 1 saturated carbocycles. The zero-order chi connectivity index (χ0) is 8.72. The summed E-state index contributed by atoms with van der Waals surface area (Å²) in [5.41, 5.74) is 6.99. The zero-order valence-corrected chi connectivity index (χ0v) is 8.77. The Balaban J connectivity index is 2.32. The number of nitrogens with two attached hydrogens (primary N) is 1. The molecule has 0 amide bonds. The highest BCUT2D eigenvalue weighted by Crippen LogP contribution is 2.40. The second-order valence-corrected chi connectivity index (χ2v) is 4.56. The van der Waals surface area contributed by atoms with E-state index in [0.29, 0.717) is 12.0 Å². The minimum atomic E-state index is 0.343. The molecule has 0 radical (unpaired) electrons. The summed E-state index contributed by atoms with van der Waals surface area (Å²) in [6, 6.07) is 6.31. The molecule has 1 aliphatic rings. The predicted octanol–water partition coefficient (Wildman–Crippen LogP) is 2.92. The molecule has 1 nitrogen and oxygen atoms in total. The first-order valence-electron chi connectivity index (χ1n) is 3.88. The van der Waals surface area contributed by atoms with Gasteiger partial charge in [0.25, 0.3) is 0 Å². The van der Waals surface area contributed by atoms with E-state index in [2.05, 4.69) is 22.0 Å². The lowest BCUT2D eigenvalue weighted by atomic mass is 10.1. The zero-order valence-electron chi connectivity index (χ0n) is 6.43. The van der Waals surface area contributed by atoms with Crippen molar-refractivity contribution < 1.29 is 0 Å². The summed E-state index contributed by atoms with van der Waals surface area (Å²) in [5.74, 6) is 0.528. The SMILES string of the molecule is N[C@@H]1C[C@H]1c1cc(Cl)cc(Br)c1. The molecule has 1 aromatic carbocycles. The van der Waals surface area contributed by atoms with Gasteiger partial charge in [-0.25, -0.2) is 0 Å². The number of halogens is 2. The van der Waals surface area contributed by atoms with Gasteiger partial charge in [-0.05, 0) is 30.2 Å². The first-order chi connectivity index (χ1) is 5.66. The highest BCUT2D eigenvalue weighted by Gasteiger charge is 2.34. The van der Waals surface area contributed by atoms with Crippen molar-refractivity contribution in [1.29, 1.82) is 0 Å². The van der Waals surface area contributed by atoms with Crippen molar-refractivity contribution in [3.8, 4) is 0 Å². The van der Waals surface area contributed by atoms with Gasteiger partial charge in [0.05, 0.1) is 0 Å². The Kier molecular flexibility index (Phi) is 2.15. The maximum absolute atomic E-state index is 5.90. The van der Waals surface area contributed by atoms with E-state index in [9.17, 15) is 0 Å². The second-order valence-electron chi connectivity index (χ2n) is 3.21. The average molecular weight is 247 g/mol. The fourth-order valence-corrected chi connectivity index (χ4v) is 2.27. The van der Waals surface area contributed by atoms with Crippen molar-refractivity contribution >= 4 is 27.5 Å². The summed E-state index contributed by atoms with van der Waals surface area (Å²) in [7, 11) is 0. The van der Waals surface area contributed by atoms with E-state index in [0.717, 1.165) is 15.9 Å². The van der Waals surface area contributed by atoms with Gasteiger partial charge >= 0.3 is 0 Å². The predicted molar refractivity (Wildman–Crippen MR) is 54.5 cm³/mol. The van der Waals surface area contributed by atoms with Gasteiger partial charge in [-0.15, -0.1) is 0 Å². The van der Waals surface area contributed by atoms with Gasteiger partial charge in [0, 0.05) is 21.5 Å². The van der Waals surface area contributed by atoms with Crippen LogP contribution in [0.25, 0.3) is 0 Å². The molecule has 64 valence electrons. The number of hydrogen-bond acceptors (Lipinski definition) is 1. The van der Waals surface area contributed by atoms with Gasteiger partial charge in [-0.2, -0.15) is 0 Å². The van der Waals surface area contributed by atoms with Crippen LogP contribution in [-0.4, -0.2) is 6.04 Å². The van der Waals surface area contributed by atoms with Crippen molar-refractivity contribution in [3.05, 3.63) is 33.3 Å². The topological polar surface area (TPSA) is 26.0 Å². The van der Waals surface area contributed by atoms with E-state index in [-0.39, 0.29) is 0 Å². The van der Waals surface area contributed by atoms with Crippen LogP contribution in [-0.2, 0) is 0 Å². The average Bonchev–Trinajstić information content (AvgIpc) is 2.64. The van der Waals surface area contributed by atoms with Gasteiger partial charge in [0.2, 0.25) is 0 Å². The van der Waals surface area contributed by atoms with Crippen LogP contribution in [0.4, 0.5) is 0 Å². The summed E-state index contributed by atoms with van der Waals surface area (Å²) in [5, 5.41) is 0.776. The van der Waals surface area contributed by atoms with Crippen LogP contribution in [0.1, 0.15) is 17.9 Å². The Bertz CT molecular complexity index is 293. The van der Waals surface area contributed by atoms with Crippen molar-refractivity contribution in [3.63, 3.8) is 0 Å². The van der Waals surface area contributed by atoms with Crippen LogP contribution >= 0.6 is 27.5 Å². The first kappa shape index (κ1) is 8.54. The molecule has 1 aliphatic carbocycles. The standard InChI is InChI=1S/C9H9BrClN/c10-6-1-5(2-7(11)3-6)8-4-9(8)12/h1-3,8-9H,4,12H2/t8-,9+/m0/s1. The molecule has 0 aliphatic heterocycles. The molecule has 0 heterocycles. The van der Waals surface area contributed by atoms with E-state index in [1.807, 2.05) is 12.1 Å². The van der Waals surface area contributed by atoms with Gasteiger partial charge in [0.1, 0.15) is 0 Å². The lowest BCUT2D eigenvalue weighted by molar-refractivity contribution is 0.990. The minimum absolute atomic E-state index is 0.343. The Hall–Kier alpha value is -0.0500. The summed E-state index contributed by atoms with van der Waals surface area (Å²) in [6.45, 7) is 0. The lowest BCUT2D eigenvalue weighted by Crippen LogP contribution is -2.00. The van der Waals surface area contributed by atoms with E-state index in [1.54, 1.807) is 0 Å². The summed E-state index contributed by atoms with van der Waals surface area (Å²) in [6.07, 6.45) is 1.09. The molecule has 12 heavy (non-hydrogen) atoms. The molecule has 0 saturated heterocycles. The number of benzene rings is 1. The Morgan fingerprint density at radius 1 is 1.42 bits per heavy atom. The van der Waals surface area contributed by atoms with Crippen molar-refractivity contribution in [2.75, 3.05) is 0 Å². The fraction of sp³-hybridized carbons (Fsp3) is 0.333. The Morgan fingerprint density at radius 3 is 2.58 bits per heavy atom. The number of hydrogen-bond donors (Lipinski definition) is 1. The van der Waals surface area contributed by atoms with E-state index in [4.69, 9.17) is 17.3 Å². The molecule has 2 rings (SSSR count). The maximum Gasteiger partial charge on any atom is 0.0420 e.